The largest absolute Gasteiger partial charge is 0.278 e. The summed E-state index contributed by atoms with van der Waals surface area (Å²) >= 11 is 5.81. The van der Waals surface area contributed by atoms with Crippen LogP contribution in [-0.2, 0) is 10.0 Å². The first-order chi connectivity index (χ1) is 9.83. The molecule has 0 saturated heterocycles. The van der Waals surface area contributed by atoms with Crippen molar-refractivity contribution in [3.05, 3.63) is 52.3 Å². The van der Waals surface area contributed by atoms with E-state index in [1.807, 2.05) is 6.07 Å². The number of nitrogens with zero attached hydrogens (tertiary/aromatic N) is 2. The Morgan fingerprint density at radius 1 is 1.24 bits per heavy atom. The second-order valence-corrected chi connectivity index (χ2v) is 6.54. The van der Waals surface area contributed by atoms with Crippen molar-refractivity contribution < 1.29 is 8.42 Å². The second kappa shape index (κ2) is 5.72. The molecule has 0 saturated carbocycles. The maximum atomic E-state index is 12.4. The van der Waals surface area contributed by atoms with Crippen molar-refractivity contribution >= 4 is 27.3 Å². The van der Waals surface area contributed by atoms with Gasteiger partial charge in [0.1, 0.15) is 5.15 Å². The van der Waals surface area contributed by atoms with E-state index in [-0.39, 0.29) is 4.90 Å². The van der Waals surface area contributed by atoms with Gasteiger partial charge in [-0.25, -0.2) is 13.4 Å². The number of pyridine rings is 1. The normalized spacial score (nSPS) is 11.0. The molecular formula is C14H12ClN3O2S. The van der Waals surface area contributed by atoms with Crippen LogP contribution in [-0.4, -0.2) is 13.4 Å². The second-order valence-electron chi connectivity index (χ2n) is 4.53. The van der Waals surface area contributed by atoms with Gasteiger partial charge in [0.25, 0.3) is 10.0 Å². The van der Waals surface area contributed by atoms with Gasteiger partial charge in [0.15, 0.2) is 0 Å². The first-order valence-corrected chi connectivity index (χ1v) is 7.85. The van der Waals surface area contributed by atoms with E-state index in [1.54, 1.807) is 19.9 Å². The quantitative estimate of drug-likeness (QED) is 0.881. The fourth-order valence-electron chi connectivity index (χ4n) is 1.84. The molecule has 0 aliphatic rings. The number of hydrogen-bond acceptors (Lipinski definition) is 4. The highest BCUT2D eigenvalue weighted by atomic mass is 35.5. The number of sulfonamides is 1. The Bertz CT molecular complexity index is 842. The molecule has 1 N–H and O–H groups in total. The Morgan fingerprint density at radius 2 is 1.95 bits per heavy atom. The van der Waals surface area contributed by atoms with E-state index in [2.05, 4.69) is 9.71 Å². The van der Waals surface area contributed by atoms with Gasteiger partial charge in [0, 0.05) is 0 Å². The number of rotatable bonds is 3. The minimum atomic E-state index is -3.74. The van der Waals surface area contributed by atoms with Gasteiger partial charge in [0.2, 0.25) is 0 Å². The highest BCUT2D eigenvalue weighted by Gasteiger charge is 2.17. The van der Waals surface area contributed by atoms with Gasteiger partial charge in [-0.1, -0.05) is 11.6 Å². The number of aryl methyl sites for hydroxylation is 2. The number of nitrogens with one attached hydrogen (secondary N) is 1. The van der Waals surface area contributed by atoms with E-state index < -0.39 is 10.0 Å². The molecule has 0 unspecified atom stereocenters. The van der Waals surface area contributed by atoms with Gasteiger partial charge in [-0.05, 0) is 49.2 Å². The number of aromatic nitrogens is 1. The Kier molecular flexibility index (Phi) is 4.16. The number of halogens is 1. The summed E-state index contributed by atoms with van der Waals surface area (Å²) in [5.41, 5.74) is 1.92. The van der Waals surface area contributed by atoms with E-state index >= 15 is 0 Å². The fraction of sp³-hybridized carbons (Fsp3) is 0.143. The van der Waals surface area contributed by atoms with E-state index in [4.69, 9.17) is 16.9 Å². The van der Waals surface area contributed by atoms with Crippen LogP contribution in [0.15, 0.2) is 35.4 Å². The molecule has 5 nitrogen and oxygen atoms in total. The molecule has 1 aromatic heterocycles. The van der Waals surface area contributed by atoms with Gasteiger partial charge in [0.05, 0.1) is 28.4 Å². The van der Waals surface area contributed by atoms with Crippen LogP contribution in [0.5, 0.6) is 0 Å². The van der Waals surface area contributed by atoms with Crippen molar-refractivity contribution in [2.75, 3.05) is 4.72 Å². The van der Waals surface area contributed by atoms with Crippen molar-refractivity contribution in [1.82, 2.24) is 4.98 Å². The van der Waals surface area contributed by atoms with E-state index in [1.165, 1.54) is 24.4 Å². The predicted molar refractivity (Wildman–Crippen MR) is 80.7 cm³/mol. The van der Waals surface area contributed by atoms with Crippen molar-refractivity contribution in [2.24, 2.45) is 0 Å². The standard InChI is InChI=1S/C14H12ClN3O2S/c1-9-5-11(7-16)3-4-13(9)21(19,20)18-12-6-10(2)14(15)17-8-12/h3-6,8,18H,1-2H3. The Balaban J connectivity index is 2.38. The fourth-order valence-corrected chi connectivity index (χ4v) is 3.21. The summed E-state index contributed by atoms with van der Waals surface area (Å²) in [5.74, 6) is 0. The molecule has 0 aliphatic heterocycles. The van der Waals surface area contributed by atoms with Crippen LogP contribution in [0.25, 0.3) is 0 Å². The molecule has 0 atom stereocenters. The average molecular weight is 322 g/mol. The molecule has 0 radical (unpaired) electrons. The highest BCUT2D eigenvalue weighted by Crippen LogP contribution is 2.22. The van der Waals surface area contributed by atoms with Crippen molar-refractivity contribution in [3.8, 4) is 6.07 Å². The monoisotopic (exact) mass is 321 g/mol. The third-order valence-electron chi connectivity index (χ3n) is 2.86. The zero-order valence-electron chi connectivity index (χ0n) is 11.4. The summed E-state index contributed by atoms with van der Waals surface area (Å²) in [5, 5.41) is 9.14. The molecule has 1 aromatic carbocycles. The van der Waals surface area contributed by atoms with Gasteiger partial charge in [-0.2, -0.15) is 5.26 Å². The molecule has 0 fully saturated rings. The Labute approximate surface area is 128 Å². The molecule has 1 heterocycles. The number of anilines is 1. The molecule has 2 aromatic rings. The van der Waals surface area contributed by atoms with Crippen LogP contribution < -0.4 is 4.72 Å². The molecule has 21 heavy (non-hydrogen) atoms. The third kappa shape index (κ3) is 3.32. The summed E-state index contributed by atoms with van der Waals surface area (Å²) < 4.78 is 27.2. The minimum absolute atomic E-state index is 0.120. The van der Waals surface area contributed by atoms with E-state index in [0.29, 0.717) is 27.5 Å². The van der Waals surface area contributed by atoms with Gasteiger partial charge in [-0.3, -0.25) is 4.72 Å². The van der Waals surface area contributed by atoms with Crippen molar-refractivity contribution in [3.63, 3.8) is 0 Å². The molecule has 0 bridgehead atoms. The van der Waals surface area contributed by atoms with Crippen molar-refractivity contribution in [2.45, 2.75) is 18.7 Å². The van der Waals surface area contributed by atoms with Crippen LogP contribution in [0.2, 0.25) is 5.15 Å². The summed E-state index contributed by atoms with van der Waals surface area (Å²) in [4.78, 5) is 4.02. The summed E-state index contributed by atoms with van der Waals surface area (Å²) in [7, 11) is -3.74. The third-order valence-corrected chi connectivity index (χ3v) is 4.80. The molecule has 0 spiro atoms. The molecule has 2 rings (SSSR count). The van der Waals surface area contributed by atoms with Crippen LogP contribution in [0.3, 0.4) is 0 Å². The summed E-state index contributed by atoms with van der Waals surface area (Å²) in [6.45, 7) is 3.38. The maximum absolute atomic E-state index is 12.4. The van der Waals surface area contributed by atoms with Crippen LogP contribution in [0, 0.1) is 25.2 Å². The topological polar surface area (TPSA) is 82.8 Å². The molecule has 0 aliphatic carbocycles. The van der Waals surface area contributed by atoms with Crippen LogP contribution in [0.4, 0.5) is 5.69 Å². The van der Waals surface area contributed by atoms with E-state index in [9.17, 15) is 8.42 Å². The first-order valence-electron chi connectivity index (χ1n) is 5.99. The number of nitriles is 1. The summed E-state index contributed by atoms with van der Waals surface area (Å²) in [6.07, 6.45) is 1.35. The van der Waals surface area contributed by atoms with Gasteiger partial charge in [-0.15, -0.1) is 0 Å². The van der Waals surface area contributed by atoms with Crippen LogP contribution in [0.1, 0.15) is 16.7 Å². The zero-order valence-corrected chi connectivity index (χ0v) is 13.0. The lowest BCUT2D eigenvalue weighted by Crippen LogP contribution is -2.14. The molecule has 108 valence electrons. The predicted octanol–water partition coefficient (Wildman–Crippen LogP) is 3.02. The lowest BCUT2D eigenvalue weighted by Gasteiger charge is -2.11. The lowest BCUT2D eigenvalue weighted by atomic mass is 10.2. The lowest BCUT2D eigenvalue weighted by molar-refractivity contribution is 0.600. The SMILES string of the molecule is Cc1cc(C#N)ccc1S(=O)(=O)Nc1cnc(Cl)c(C)c1. The van der Waals surface area contributed by atoms with Crippen molar-refractivity contribution in [1.29, 1.82) is 5.26 Å². The molecule has 7 heteroatoms. The smallest absolute Gasteiger partial charge is 0.262 e. The van der Waals surface area contributed by atoms with Crippen LogP contribution >= 0.6 is 11.6 Å². The Morgan fingerprint density at radius 3 is 2.52 bits per heavy atom. The average Bonchev–Trinajstić information content (AvgIpc) is 2.42. The number of hydrogen-bond donors (Lipinski definition) is 1. The Hall–Kier alpha value is -2.10. The first kappa shape index (κ1) is 15.3. The zero-order chi connectivity index (χ0) is 15.6. The minimum Gasteiger partial charge on any atom is -0.278 e. The summed E-state index contributed by atoms with van der Waals surface area (Å²) in [6, 6.07) is 7.98. The van der Waals surface area contributed by atoms with Gasteiger partial charge >= 0.3 is 0 Å². The highest BCUT2D eigenvalue weighted by molar-refractivity contribution is 7.92. The molecular weight excluding hydrogens is 310 g/mol. The maximum Gasteiger partial charge on any atom is 0.262 e. The number of benzene rings is 1. The molecule has 0 amide bonds. The van der Waals surface area contributed by atoms with E-state index in [0.717, 1.165) is 0 Å². The van der Waals surface area contributed by atoms with Gasteiger partial charge < -0.3 is 0 Å².